The van der Waals surface area contributed by atoms with Crippen molar-refractivity contribution in [2.75, 3.05) is 21.3 Å². The Morgan fingerprint density at radius 1 is 0.920 bits per heavy atom. The first kappa shape index (κ1) is 16.8. The molecule has 7 heteroatoms. The molecule has 1 heterocycles. The first-order chi connectivity index (χ1) is 12.2. The van der Waals surface area contributed by atoms with Crippen molar-refractivity contribution >= 4 is 0 Å². The summed E-state index contributed by atoms with van der Waals surface area (Å²) in [7, 11) is 4.79. The lowest BCUT2D eigenvalue weighted by Gasteiger charge is -2.13. The van der Waals surface area contributed by atoms with E-state index in [4.69, 9.17) is 19.9 Å². The van der Waals surface area contributed by atoms with Crippen molar-refractivity contribution < 1.29 is 14.2 Å². The number of para-hydroxylation sites is 1. The molecule has 1 aromatic heterocycles. The predicted molar refractivity (Wildman–Crippen MR) is 93.9 cm³/mol. The van der Waals surface area contributed by atoms with Gasteiger partial charge in [-0.25, -0.2) is 4.98 Å². The number of nitrogens with two attached hydrogens (primary N) is 1. The van der Waals surface area contributed by atoms with Gasteiger partial charge in [-0.3, -0.25) is 5.10 Å². The lowest BCUT2D eigenvalue weighted by Crippen LogP contribution is -2.14. The maximum absolute atomic E-state index is 6.33. The van der Waals surface area contributed by atoms with Crippen LogP contribution in [0.15, 0.2) is 42.5 Å². The summed E-state index contributed by atoms with van der Waals surface area (Å²) in [5.41, 5.74) is 7.96. The molecule has 3 N–H and O–H groups in total. The molecule has 0 bridgehead atoms. The molecule has 1 atom stereocenters. The molecule has 0 unspecified atom stereocenters. The molecule has 130 valence electrons. The van der Waals surface area contributed by atoms with E-state index in [0.717, 1.165) is 11.1 Å². The molecule has 0 amide bonds. The summed E-state index contributed by atoms with van der Waals surface area (Å²) >= 11 is 0. The Balaban J connectivity index is 1.92. The molecule has 3 aromatic rings. The van der Waals surface area contributed by atoms with E-state index in [0.29, 0.717) is 28.9 Å². The number of aromatic amines is 1. The average Bonchev–Trinajstić information content (AvgIpc) is 3.16. The number of methoxy groups -OCH3 is 3. The number of H-pyrrole nitrogens is 1. The van der Waals surface area contributed by atoms with E-state index in [9.17, 15) is 0 Å². The van der Waals surface area contributed by atoms with Crippen LogP contribution >= 0.6 is 0 Å². The number of nitrogens with one attached hydrogen (secondary N) is 1. The largest absolute Gasteiger partial charge is 0.496 e. The van der Waals surface area contributed by atoms with Crippen LogP contribution < -0.4 is 19.9 Å². The van der Waals surface area contributed by atoms with E-state index < -0.39 is 6.04 Å². The number of ether oxygens (including phenoxy) is 3. The molecule has 2 aromatic carbocycles. The Hall–Kier alpha value is -3.06. The molecular weight excluding hydrogens is 320 g/mol. The summed E-state index contributed by atoms with van der Waals surface area (Å²) < 4.78 is 15.9. The van der Waals surface area contributed by atoms with Crippen LogP contribution in [0.2, 0.25) is 0 Å². The number of hydrogen-bond acceptors (Lipinski definition) is 6. The van der Waals surface area contributed by atoms with Crippen molar-refractivity contribution in [3.05, 3.63) is 53.9 Å². The van der Waals surface area contributed by atoms with Gasteiger partial charge in [0, 0.05) is 0 Å². The van der Waals surface area contributed by atoms with Crippen LogP contribution in [0.3, 0.4) is 0 Å². The van der Waals surface area contributed by atoms with Crippen LogP contribution in [0.5, 0.6) is 17.2 Å². The van der Waals surface area contributed by atoms with Crippen molar-refractivity contribution in [2.45, 2.75) is 6.04 Å². The molecule has 3 rings (SSSR count). The highest BCUT2D eigenvalue weighted by molar-refractivity contribution is 5.63. The zero-order valence-electron chi connectivity index (χ0n) is 14.3. The molecule has 7 nitrogen and oxygen atoms in total. The van der Waals surface area contributed by atoms with Gasteiger partial charge in [0.05, 0.1) is 32.9 Å². The van der Waals surface area contributed by atoms with Gasteiger partial charge < -0.3 is 19.9 Å². The van der Waals surface area contributed by atoms with Crippen LogP contribution in [0.1, 0.15) is 17.4 Å². The summed E-state index contributed by atoms with van der Waals surface area (Å²) in [6, 6.07) is 12.6. The number of hydrogen-bond donors (Lipinski definition) is 2. The number of rotatable bonds is 6. The minimum Gasteiger partial charge on any atom is -0.496 e. The zero-order valence-corrected chi connectivity index (χ0v) is 14.3. The zero-order chi connectivity index (χ0) is 17.8. The lowest BCUT2D eigenvalue weighted by atomic mass is 10.1. The third-order valence-corrected chi connectivity index (χ3v) is 3.91. The second kappa shape index (κ2) is 7.23. The van der Waals surface area contributed by atoms with Gasteiger partial charge in [-0.05, 0) is 29.8 Å². The van der Waals surface area contributed by atoms with Gasteiger partial charge in [0.1, 0.15) is 11.6 Å². The fourth-order valence-electron chi connectivity index (χ4n) is 2.57. The van der Waals surface area contributed by atoms with E-state index in [1.807, 2.05) is 42.5 Å². The minimum atomic E-state index is -0.476. The van der Waals surface area contributed by atoms with Gasteiger partial charge >= 0.3 is 0 Å². The smallest absolute Gasteiger partial charge is 0.184 e. The molecule has 0 aliphatic heterocycles. The van der Waals surface area contributed by atoms with Gasteiger partial charge in [0.25, 0.3) is 0 Å². The van der Waals surface area contributed by atoms with Crippen LogP contribution in [0, 0.1) is 0 Å². The molecule has 0 aliphatic rings. The van der Waals surface area contributed by atoms with Crippen LogP contribution in [-0.4, -0.2) is 36.5 Å². The van der Waals surface area contributed by atoms with Crippen LogP contribution in [-0.2, 0) is 0 Å². The fourth-order valence-corrected chi connectivity index (χ4v) is 2.57. The van der Waals surface area contributed by atoms with E-state index in [1.54, 1.807) is 21.3 Å². The second-order valence-corrected chi connectivity index (χ2v) is 5.34. The van der Waals surface area contributed by atoms with Gasteiger partial charge in [0.15, 0.2) is 17.3 Å². The third-order valence-electron chi connectivity index (χ3n) is 3.91. The SMILES string of the molecule is COc1ccc([C@H](N)c2nc(-c3ccccc3OC)n[nH]2)cc1OC. The molecule has 0 saturated heterocycles. The predicted octanol–water partition coefficient (Wildman–Crippen LogP) is 2.55. The number of aromatic nitrogens is 3. The maximum Gasteiger partial charge on any atom is 0.184 e. The molecule has 0 aliphatic carbocycles. The Morgan fingerprint density at radius 3 is 2.36 bits per heavy atom. The van der Waals surface area contributed by atoms with E-state index in [-0.39, 0.29) is 0 Å². The number of nitrogens with zero attached hydrogens (tertiary/aromatic N) is 2. The minimum absolute atomic E-state index is 0.476. The first-order valence-electron chi connectivity index (χ1n) is 7.71. The van der Waals surface area contributed by atoms with E-state index in [2.05, 4.69) is 15.2 Å². The van der Waals surface area contributed by atoms with Crippen molar-refractivity contribution in [2.24, 2.45) is 5.73 Å². The molecule has 0 fully saturated rings. The van der Waals surface area contributed by atoms with Crippen LogP contribution in [0.25, 0.3) is 11.4 Å². The Morgan fingerprint density at radius 2 is 1.64 bits per heavy atom. The summed E-state index contributed by atoms with van der Waals surface area (Å²) in [4.78, 5) is 4.52. The average molecular weight is 340 g/mol. The molecule has 0 spiro atoms. The molecule has 0 saturated carbocycles. The highest BCUT2D eigenvalue weighted by Crippen LogP contribution is 2.32. The summed E-state index contributed by atoms with van der Waals surface area (Å²) in [6.45, 7) is 0. The van der Waals surface area contributed by atoms with Gasteiger partial charge in [-0.1, -0.05) is 18.2 Å². The van der Waals surface area contributed by atoms with E-state index >= 15 is 0 Å². The highest BCUT2D eigenvalue weighted by Gasteiger charge is 2.18. The normalized spacial score (nSPS) is 11.8. The first-order valence-corrected chi connectivity index (χ1v) is 7.71. The van der Waals surface area contributed by atoms with Crippen molar-refractivity contribution in [3.8, 4) is 28.6 Å². The Bertz CT molecular complexity index is 863. The quantitative estimate of drug-likeness (QED) is 0.716. The summed E-state index contributed by atoms with van der Waals surface area (Å²) in [6.07, 6.45) is 0. The van der Waals surface area contributed by atoms with Crippen LogP contribution in [0.4, 0.5) is 0 Å². The topological polar surface area (TPSA) is 95.3 Å². The highest BCUT2D eigenvalue weighted by atomic mass is 16.5. The second-order valence-electron chi connectivity index (χ2n) is 5.34. The molecular formula is C18H20N4O3. The van der Waals surface area contributed by atoms with Gasteiger partial charge in [-0.15, -0.1) is 0 Å². The van der Waals surface area contributed by atoms with Crippen molar-refractivity contribution in [3.63, 3.8) is 0 Å². The maximum atomic E-state index is 6.33. The lowest BCUT2D eigenvalue weighted by molar-refractivity contribution is 0.354. The van der Waals surface area contributed by atoms with Gasteiger partial charge in [0.2, 0.25) is 0 Å². The number of benzene rings is 2. The van der Waals surface area contributed by atoms with Crippen molar-refractivity contribution in [1.29, 1.82) is 0 Å². The Kier molecular flexibility index (Phi) is 4.85. The fraction of sp³-hybridized carbons (Fsp3) is 0.222. The van der Waals surface area contributed by atoms with E-state index in [1.165, 1.54) is 0 Å². The Labute approximate surface area is 145 Å². The summed E-state index contributed by atoms with van der Waals surface area (Å²) in [5.74, 6) is 3.04. The third kappa shape index (κ3) is 3.27. The molecule has 0 radical (unpaired) electrons. The summed E-state index contributed by atoms with van der Waals surface area (Å²) in [5, 5.41) is 7.17. The van der Waals surface area contributed by atoms with Crippen molar-refractivity contribution in [1.82, 2.24) is 15.2 Å². The van der Waals surface area contributed by atoms with Gasteiger partial charge in [-0.2, -0.15) is 5.10 Å². The monoisotopic (exact) mass is 340 g/mol. The molecule has 25 heavy (non-hydrogen) atoms. The standard InChI is InChI=1S/C18H20N4O3/c1-23-13-7-5-4-6-12(13)17-20-18(22-21-17)16(19)11-8-9-14(24-2)15(10-11)25-3/h4-10,16H,19H2,1-3H3,(H,20,21,22)/t16-/m0/s1.